The molecule has 306 valence electrons. The SMILES string of the molecule is C1=CC(C2CC=C(N(C3CCC(C4CC=C(C5=CCCC6C5OC5C(C7CC=CCC7)CCC[C@@H]65)CC4)CC3)C3CCC(C4CCCCC4)CC3)CC2)=CCC1. The van der Waals surface area contributed by atoms with Gasteiger partial charge in [0.2, 0.25) is 0 Å². The fraction of sp³-hybridized carbons (Fsp3) is 0.778. The van der Waals surface area contributed by atoms with E-state index in [0.29, 0.717) is 12.2 Å². The van der Waals surface area contributed by atoms with Gasteiger partial charge in [0.15, 0.2) is 0 Å². The fourth-order valence-electron chi connectivity index (χ4n) is 15.5. The minimum atomic E-state index is 0.403. The number of fused-ring (bicyclic) bond motifs is 3. The van der Waals surface area contributed by atoms with Crippen molar-refractivity contribution in [1.82, 2.24) is 4.90 Å². The van der Waals surface area contributed by atoms with Gasteiger partial charge in [-0.05, 0) is 218 Å². The smallest absolute Gasteiger partial charge is 0.0860 e. The Morgan fingerprint density at radius 1 is 0.464 bits per heavy atom. The van der Waals surface area contributed by atoms with Gasteiger partial charge in [-0.3, -0.25) is 0 Å². The third-order valence-electron chi connectivity index (χ3n) is 18.5. The van der Waals surface area contributed by atoms with Crippen molar-refractivity contribution in [3.05, 3.63) is 71.0 Å². The van der Waals surface area contributed by atoms with Crippen LogP contribution in [0.25, 0.3) is 0 Å². The summed E-state index contributed by atoms with van der Waals surface area (Å²) in [5.41, 5.74) is 6.78. The highest BCUT2D eigenvalue weighted by molar-refractivity contribution is 5.39. The van der Waals surface area contributed by atoms with Crippen molar-refractivity contribution in [2.24, 2.45) is 53.3 Å². The maximum Gasteiger partial charge on any atom is 0.0860 e. The molecule has 1 heterocycles. The van der Waals surface area contributed by atoms with Crippen molar-refractivity contribution in [2.75, 3.05) is 0 Å². The van der Waals surface area contributed by atoms with Crippen LogP contribution < -0.4 is 0 Å². The predicted molar refractivity (Wildman–Crippen MR) is 234 cm³/mol. The van der Waals surface area contributed by atoms with Crippen LogP contribution in [-0.4, -0.2) is 29.2 Å². The van der Waals surface area contributed by atoms with Gasteiger partial charge in [0, 0.05) is 17.8 Å². The Morgan fingerprint density at radius 3 is 1.95 bits per heavy atom. The highest BCUT2D eigenvalue weighted by Gasteiger charge is 2.52. The summed E-state index contributed by atoms with van der Waals surface area (Å²) in [5, 5.41) is 0. The molecule has 0 aromatic rings. The maximum absolute atomic E-state index is 7.30. The van der Waals surface area contributed by atoms with Gasteiger partial charge in [0.1, 0.15) is 0 Å². The first-order valence-corrected chi connectivity index (χ1v) is 25.3. The molecule has 0 bridgehead atoms. The van der Waals surface area contributed by atoms with E-state index in [1.807, 2.05) is 0 Å². The van der Waals surface area contributed by atoms with Gasteiger partial charge in [0.25, 0.3) is 0 Å². The van der Waals surface area contributed by atoms with E-state index in [0.717, 1.165) is 65.3 Å². The van der Waals surface area contributed by atoms with E-state index in [4.69, 9.17) is 4.74 Å². The van der Waals surface area contributed by atoms with Crippen molar-refractivity contribution in [3.8, 4) is 0 Å². The largest absolute Gasteiger partial charge is 0.369 e. The second-order valence-electron chi connectivity index (χ2n) is 21.3. The third kappa shape index (κ3) is 8.07. The summed E-state index contributed by atoms with van der Waals surface area (Å²) in [6.45, 7) is 0. The van der Waals surface area contributed by atoms with Crippen molar-refractivity contribution in [2.45, 2.75) is 210 Å². The number of hydrogen-bond acceptors (Lipinski definition) is 2. The highest BCUT2D eigenvalue weighted by Crippen LogP contribution is 2.54. The Kier molecular flexibility index (Phi) is 12.2. The normalized spacial score (nSPS) is 42.1. The van der Waals surface area contributed by atoms with Crippen LogP contribution in [0.4, 0.5) is 0 Å². The van der Waals surface area contributed by atoms with E-state index in [1.165, 1.54) is 186 Å². The van der Waals surface area contributed by atoms with Gasteiger partial charge < -0.3 is 9.64 Å². The summed E-state index contributed by atoms with van der Waals surface area (Å²) in [7, 11) is 0. The number of hydrogen-bond donors (Lipinski definition) is 0. The molecular formula is C54H79NO. The molecule has 5 fully saturated rings. The van der Waals surface area contributed by atoms with E-state index in [9.17, 15) is 0 Å². The van der Waals surface area contributed by atoms with Gasteiger partial charge in [0.05, 0.1) is 12.2 Å². The molecule has 2 heteroatoms. The molecule has 7 unspecified atom stereocenters. The molecular weight excluding hydrogens is 679 g/mol. The fourth-order valence-corrected chi connectivity index (χ4v) is 15.5. The predicted octanol–water partition coefficient (Wildman–Crippen LogP) is 14.5. The molecule has 4 saturated carbocycles. The molecule has 0 aromatic heterocycles. The lowest BCUT2D eigenvalue weighted by molar-refractivity contribution is -0.0283. The number of allylic oxidation sites excluding steroid dienone is 10. The van der Waals surface area contributed by atoms with Crippen LogP contribution in [0, 0.1) is 53.3 Å². The Balaban J connectivity index is 0.773. The van der Waals surface area contributed by atoms with Gasteiger partial charge in [-0.2, -0.15) is 0 Å². The van der Waals surface area contributed by atoms with Crippen LogP contribution in [0.3, 0.4) is 0 Å². The molecule has 1 saturated heterocycles. The lowest BCUT2D eigenvalue weighted by Gasteiger charge is -2.49. The summed E-state index contributed by atoms with van der Waals surface area (Å²) in [6.07, 6.45) is 62.2. The molecule has 10 aliphatic rings. The number of ether oxygens (including phenoxy) is 1. The zero-order chi connectivity index (χ0) is 37.3. The molecule has 1 aliphatic heterocycles. The van der Waals surface area contributed by atoms with Crippen LogP contribution in [0.1, 0.15) is 186 Å². The monoisotopic (exact) mass is 758 g/mol. The zero-order valence-corrected chi connectivity index (χ0v) is 35.5. The molecule has 0 radical (unpaired) electrons. The first kappa shape index (κ1) is 38.4. The summed E-state index contributed by atoms with van der Waals surface area (Å²) in [5.74, 6) is 7.96. The molecule has 0 spiro atoms. The lowest BCUT2D eigenvalue weighted by Crippen LogP contribution is -2.47. The summed E-state index contributed by atoms with van der Waals surface area (Å²) >= 11 is 0. The van der Waals surface area contributed by atoms with Gasteiger partial charge in [-0.15, -0.1) is 0 Å². The first-order valence-electron chi connectivity index (χ1n) is 25.3. The standard InChI is InChI=1S/C54H79NO/c1-4-12-38(13-5-1)41-26-32-46(33-27-41)55(47-34-28-42(29-35-47)39-14-6-2-7-15-39)48-36-30-43(31-37-48)40-22-24-45(25-23-40)50-19-11-21-52-51-20-10-18-49(53(51)56-54(50)52)44-16-8-3-9-17-44/h3-4,8,12-13,19,24,32,39-44,47-49,51-54H,1-2,5-7,9-11,14-18,20-23,25-31,33-37H2/t40?,41?,42?,43?,44?,47?,48?,49?,51-,52?,53?,54?/m0/s1. The van der Waals surface area contributed by atoms with Gasteiger partial charge in [-0.25, -0.2) is 0 Å². The summed E-state index contributed by atoms with van der Waals surface area (Å²) in [6, 6.07) is 1.59. The van der Waals surface area contributed by atoms with Crippen molar-refractivity contribution in [1.29, 1.82) is 0 Å². The average Bonchev–Trinajstić information content (AvgIpc) is 3.68. The van der Waals surface area contributed by atoms with Gasteiger partial charge in [-0.1, -0.05) is 87.1 Å². The average molecular weight is 758 g/mol. The van der Waals surface area contributed by atoms with E-state index >= 15 is 0 Å². The lowest BCUT2D eigenvalue weighted by atomic mass is 9.65. The quantitative estimate of drug-likeness (QED) is 0.229. The second kappa shape index (κ2) is 17.8. The third-order valence-corrected chi connectivity index (χ3v) is 18.5. The van der Waals surface area contributed by atoms with Crippen LogP contribution in [0.15, 0.2) is 71.0 Å². The molecule has 0 aromatic carbocycles. The van der Waals surface area contributed by atoms with Crippen LogP contribution in [0.2, 0.25) is 0 Å². The molecule has 2 nitrogen and oxygen atoms in total. The number of nitrogens with zero attached hydrogens (tertiary/aromatic N) is 1. The molecule has 8 atom stereocenters. The summed E-state index contributed by atoms with van der Waals surface area (Å²) in [4.78, 5) is 3.13. The molecule has 0 N–H and O–H groups in total. The van der Waals surface area contributed by atoms with Crippen LogP contribution >= 0.6 is 0 Å². The van der Waals surface area contributed by atoms with E-state index in [1.54, 1.807) is 22.4 Å². The maximum atomic E-state index is 7.30. The van der Waals surface area contributed by atoms with Gasteiger partial charge >= 0.3 is 0 Å². The van der Waals surface area contributed by atoms with Crippen molar-refractivity contribution < 1.29 is 4.74 Å². The summed E-state index contributed by atoms with van der Waals surface area (Å²) < 4.78 is 7.30. The van der Waals surface area contributed by atoms with E-state index in [-0.39, 0.29) is 0 Å². The highest BCUT2D eigenvalue weighted by atomic mass is 16.5. The topological polar surface area (TPSA) is 12.5 Å². The Bertz CT molecular complexity index is 1520. The van der Waals surface area contributed by atoms with E-state index in [2.05, 4.69) is 53.5 Å². The first-order chi connectivity index (χ1) is 27.8. The molecule has 10 rings (SSSR count). The van der Waals surface area contributed by atoms with Crippen molar-refractivity contribution in [3.63, 3.8) is 0 Å². The van der Waals surface area contributed by atoms with E-state index < -0.39 is 0 Å². The Labute approximate surface area is 343 Å². The minimum Gasteiger partial charge on any atom is -0.369 e. The second-order valence-corrected chi connectivity index (χ2v) is 21.3. The molecule has 56 heavy (non-hydrogen) atoms. The minimum absolute atomic E-state index is 0.403. The molecule has 0 amide bonds. The Hall–Kier alpha value is -1.80. The van der Waals surface area contributed by atoms with Crippen LogP contribution in [0.5, 0.6) is 0 Å². The van der Waals surface area contributed by atoms with Crippen molar-refractivity contribution >= 4 is 0 Å². The Morgan fingerprint density at radius 2 is 1.25 bits per heavy atom. The zero-order valence-electron chi connectivity index (χ0n) is 35.5. The van der Waals surface area contributed by atoms with Crippen LogP contribution in [-0.2, 0) is 4.74 Å². The molecule has 9 aliphatic carbocycles. The number of rotatable bonds is 8.